The third kappa shape index (κ3) is 2.06. The normalized spacial score (nSPS) is 22.0. The highest BCUT2D eigenvalue weighted by Gasteiger charge is 2.28. The number of hydrogen-bond acceptors (Lipinski definition) is 5. The van der Waals surface area contributed by atoms with Gasteiger partial charge in [-0.2, -0.15) is 0 Å². The molecule has 0 unspecified atom stereocenters. The van der Waals surface area contributed by atoms with E-state index in [4.69, 9.17) is 0 Å². The lowest BCUT2D eigenvalue weighted by molar-refractivity contribution is 0.137. The fourth-order valence-electron chi connectivity index (χ4n) is 2.50. The molecule has 2 fully saturated rings. The molecule has 0 atom stereocenters. The number of halogens is 1. The molecule has 0 saturated carbocycles. The van der Waals surface area contributed by atoms with Crippen LogP contribution in [0.2, 0.25) is 0 Å². The van der Waals surface area contributed by atoms with E-state index in [2.05, 4.69) is 20.2 Å². The maximum atomic E-state index is 13.9. The standard InChI is InChI=1S/C12H18FN5/c1-9-11(13)12(16-8-15-9)18-4-2-17(3-5-18)10-6-14-7-10/h8,10,14H,2-7H2,1H3. The summed E-state index contributed by atoms with van der Waals surface area (Å²) in [6.07, 6.45) is 1.44. The van der Waals surface area contributed by atoms with E-state index < -0.39 is 0 Å². The molecule has 2 aliphatic rings. The fourth-order valence-corrected chi connectivity index (χ4v) is 2.50. The van der Waals surface area contributed by atoms with Crippen LogP contribution in [0.3, 0.4) is 0 Å². The molecule has 0 aliphatic carbocycles. The molecule has 6 heteroatoms. The molecule has 1 aromatic rings. The molecule has 2 aliphatic heterocycles. The fraction of sp³-hybridized carbons (Fsp3) is 0.667. The number of aryl methyl sites for hydroxylation is 1. The summed E-state index contributed by atoms with van der Waals surface area (Å²) < 4.78 is 13.9. The number of nitrogens with zero attached hydrogens (tertiary/aromatic N) is 4. The molecule has 1 N–H and O–H groups in total. The molecular weight excluding hydrogens is 233 g/mol. The van der Waals surface area contributed by atoms with Gasteiger partial charge in [-0.3, -0.25) is 4.90 Å². The first-order valence-electron chi connectivity index (χ1n) is 6.42. The number of anilines is 1. The van der Waals surface area contributed by atoms with Gasteiger partial charge < -0.3 is 10.2 Å². The van der Waals surface area contributed by atoms with Crippen molar-refractivity contribution in [1.82, 2.24) is 20.2 Å². The van der Waals surface area contributed by atoms with Crippen molar-refractivity contribution in [2.75, 3.05) is 44.2 Å². The summed E-state index contributed by atoms with van der Waals surface area (Å²) in [6, 6.07) is 0.670. The van der Waals surface area contributed by atoms with Crippen LogP contribution in [0.25, 0.3) is 0 Å². The number of nitrogens with one attached hydrogen (secondary N) is 1. The van der Waals surface area contributed by atoms with Crippen molar-refractivity contribution in [1.29, 1.82) is 0 Å². The van der Waals surface area contributed by atoms with Gasteiger partial charge in [-0.05, 0) is 6.92 Å². The van der Waals surface area contributed by atoms with Gasteiger partial charge in [0.15, 0.2) is 11.6 Å². The Bertz CT molecular complexity index is 426. The molecule has 1 aromatic heterocycles. The van der Waals surface area contributed by atoms with E-state index in [0.29, 0.717) is 17.6 Å². The smallest absolute Gasteiger partial charge is 0.186 e. The van der Waals surface area contributed by atoms with E-state index in [9.17, 15) is 4.39 Å². The number of piperazine rings is 1. The molecule has 5 nitrogen and oxygen atoms in total. The van der Waals surface area contributed by atoms with Crippen molar-refractivity contribution >= 4 is 5.82 Å². The molecule has 0 amide bonds. The lowest BCUT2D eigenvalue weighted by atomic mass is 10.1. The van der Waals surface area contributed by atoms with Crippen LogP contribution in [0.1, 0.15) is 5.69 Å². The third-order valence-electron chi connectivity index (χ3n) is 3.84. The monoisotopic (exact) mass is 251 g/mol. The quantitative estimate of drug-likeness (QED) is 0.802. The number of hydrogen-bond donors (Lipinski definition) is 1. The van der Waals surface area contributed by atoms with E-state index in [0.717, 1.165) is 39.3 Å². The van der Waals surface area contributed by atoms with Gasteiger partial charge >= 0.3 is 0 Å². The van der Waals surface area contributed by atoms with E-state index in [1.54, 1.807) is 6.92 Å². The average Bonchev–Trinajstić information content (AvgIpc) is 2.32. The maximum Gasteiger partial charge on any atom is 0.186 e. The van der Waals surface area contributed by atoms with Crippen molar-refractivity contribution < 1.29 is 4.39 Å². The van der Waals surface area contributed by atoms with E-state index >= 15 is 0 Å². The van der Waals surface area contributed by atoms with Crippen LogP contribution in [-0.2, 0) is 0 Å². The summed E-state index contributed by atoms with van der Waals surface area (Å²) in [6.45, 7) is 7.48. The Labute approximate surface area is 106 Å². The summed E-state index contributed by atoms with van der Waals surface area (Å²) in [5.41, 5.74) is 0.422. The third-order valence-corrected chi connectivity index (χ3v) is 3.84. The van der Waals surface area contributed by atoms with Crippen LogP contribution in [0.15, 0.2) is 6.33 Å². The van der Waals surface area contributed by atoms with E-state index in [-0.39, 0.29) is 5.82 Å². The average molecular weight is 251 g/mol. The molecule has 3 rings (SSSR count). The van der Waals surface area contributed by atoms with Crippen LogP contribution in [0.5, 0.6) is 0 Å². The van der Waals surface area contributed by atoms with Crippen LogP contribution in [0.4, 0.5) is 10.2 Å². The van der Waals surface area contributed by atoms with E-state index in [1.807, 2.05) is 4.90 Å². The summed E-state index contributed by atoms with van der Waals surface area (Å²) in [7, 11) is 0. The molecule has 98 valence electrons. The molecule has 0 aromatic carbocycles. The van der Waals surface area contributed by atoms with Crippen molar-refractivity contribution in [3.63, 3.8) is 0 Å². The second-order valence-electron chi connectivity index (χ2n) is 4.93. The zero-order chi connectivity index (χ0) is 12.5. The van der Waals surface area contributed by atoms with Gasteiger partial charge in [-0.25, -0.2) is 14.4 Å². The van der Waals surface area contributed by atoms with Gasteiger partial charge in [-0.15, -0.1) is 0 Å². The summed E-state index contributed by atoms with van der Waals surface area (Å²) in [5.74, 6) is 0.171. The Balaban J connectivity index is 1.66. The van der Waals surface area contributed by atoms with Gasteiger partial charge in [-0.1, -0.05) is 0 Å². The minimum Gasteiger partial charge on any atom is -0.352 e. The van der Waals surface area contributed by atoms with Crippen LogP contribution < -0.4 is 10.2 Å². The Morgan fingerprint density at radius 2 is 1.94 bits per heavy atom. The molecule has 18 heavy (non-hydrogen) atoms. The minimum absolute atomic E-state index is 0.281. The molecule has 0 spiro atoms. The van der Waals surface area contributed by atoms with Crippen LogP contribution >= 0.6 is 0 Å². The van der Waals surface area contributed by atoms with Crippen molar-refractivity contribution in [2.45, 2.75) is 13.0 Å². The molecule has 2 saturated heterocycles. The number of rotatable bonds is 2. The van der Waals surface area contributed by atoms with Crippen molar-refractivity contribution in [3.8, 4) is 0 Å². The maximum absolute atomic E-state index is 13.9. The minimum atomic E-state index is -0.281. The zero-order valence-electron chi connectivity index (χ0n) is 10.6. The van der Waals surface area contributed by atoms with Gasteiger partial charge in [0, 0.05) is 45.3 Å². The predicted octanol–water partition coefficient (Wildman–Crippen LogP) is 0.0179. The molecule has 0 bridgehead atoms. The van der Waals surface area contributed by atoms with Crippen LogP contribution in [-0.4, -0.2) is 60.2 Å². The lowest BCUT2D eigenvalue weighted by Crippen LogP contribution is -2.61. The number of aromatic nitrogens is 2. The Morgan fingerprint density at radius 1 is 1.22 bits per heavy atom. The van der Waals surface area contributed by atoms with Crippen LogP contribution in [0, 0.1) is 12.7 Å². The second-order valence-corrected chi connectivity index (χ2v) is 4.93. The summed E-state index contributed by atoms with van der Waals surface area (Å²) in [5, 5.41) is 3.28. The highest BCUT2D eigenvalue weighted by atomic mass is 19.1. The first kappa shape index (κ1) is 11.8. The van der Waals surface area contributed by atoms with Gasteiger partial charge in [0.1, 0.15) is 6.33 Å². The molecule has 3 heterocycles. The highest BCUT2D eigenvalue weighted by Crippen LogP contribution is 2.20. The molecular formula is C12H18FN5. The topological polar surface area (TPSA) is 44.3 Å². The van der Waals surface area contributed by atoms with Crippen molar-refractivity contribution in [3.05, 3.63) is 17.8 Å². The van der Waals surface area contributed by atoms with Gasteiger partial charge in [0.25, 0.3) is 0 Å². The Kier molecular flexibility index (Phi) is 3.13. The first-order valence-corrected chi connectivity index (χ1v) is 6.42. The Morgan fingerprint density at radius 3 is 2.56 bits per heavy atom. The highest BCUT2D eigenvalue weighted by molar-refractivity contribution is 5.41. The largest absolute Gasteiger partial charge is 0.352 e. The first-order chi connectivity index (χ1) is 8.75. The van der Waals surface area contributed by atoms with Crippen molar-refractivity contribution in [2.24, 2.45) is 0 Å². The van der Waals surface area contributed by atoms with Gasteiger partial charge in [0.2, 0.25) is 0 Å². The summed E-state index contributed by atoms with van der Waals surface area (Å²) in [4.78, 5) is 12.4. The molecule has 0 radical (unpaired) electrons. The SMILES string of the molecule is Cc1ncnc(N2CCN(C3CNC3)CC2)c1F. The zero-order valence-corrected chi connectivity index (χ0v) is 10.6. The summed E-state index contributed by atoms with van der Waals surface area (Å²) >= 11 is 0. The second kappa shape index (κ2) is 4.78. The van der Waals surface area contributed by atoms with Gasteiger partial charge in [0.05, 0.1) is 5.69 Å². The lowest BCUT2D eigenvalue weighted by Gasteiger charge is -2.43. The Hall–Kier alpha value is -1.27. The predicted molar refractivity (Wildman–Crippen MR) is 67.2 cm³/mol. The van der Waals surface area contributed by atoms with E-state index in [1.165, 1.54) is 6.33 Å².